The van der Waals surface area contributed by atoms with E-state index >= 15 is 0 Å². The number of para-hydroxylation sites is 2. The van der Waals surface area contributed by atoms with Gasteiger partial charge in [-0.2, -0.15) is 0 Å². The minimum absolute atomic E-state index is 0.600. The Balaban J connectivity index is 1.77. The molecule has 0 radical (unpaired) electrons. The summed E-state index contributed by atoms with van der Waals surface area (Å²) in [6.45, 7) is 0.865. The van der Waals surface area contributed by atoms with E-state index in [9.17, 15) is 0 Å². The molecular formula is C20H21ClN2. The number of halogens is 1. The van der Waals surface area contributed by atoms with Crippen LogP contribution in [0, 0.1) is 0 Å². The van der Waals surface area contributed by atoms with Crippen molar-refractivity contribution >= 4 is 22.6 Å². The van der Waals surface area contributed by atoms with Crippen molar-refractivity contribution < 1.29 is 0 Å². The van der Waals surface area contributed by atoms with Gasteiger partial charge in [-0.1, -0.05) is 55.1 Å². The molecule has 1 aliphatic carbocycles. The van der Waals surface area contributed by atoms with Gasteiger partial charge in [0.05, 0.1) is 11.0 Å². The lowest BCUT2D eigenvalue weighted by Crippen LogP contribution is -2.13. The first-order chi connectivity index (χ1) is 11.3. The van der Waals surface area contributed by atoms with Crippen LogP contribution in [0.2, 0.25) is 5.02 Å². The van der Waals surface area contributed by atoms with Crippen molar-refractivity contribution in [3.8, 4) is 0 Å². The van der Waals surface area contributed by atoms with Crippen molar-refractivity contribution in [2.24, 2.45) is 0 Å². The van der Waals surface area contributed by atoms with Crippen LogP contribution >= 0.6 is 11.6 Å². The quantitative estimate of drug-likeness (QED) is 0.596. The maximum absolute atomic E-state index is 6.02. The SMILES string of the molecule is Clc1ccc(Cn2c(C3CCCCC3)nc3ccccc32)cc1. The normalized spacial score (nSPS) is 16.0. The molecule has 118 valence electrons. The molecule has 0 aliphatic heterocycles. The second kappa shape index (κ2) is 6.37. The van der Waals surface area contributed by atoms with Crippen LogP contribution in [-0.4, -0.2) is 9.55 Å². The van der Waals surface area contributed by atoms with E-state index in [2.05, 4.69) is 41.0 Å². The lowest BCUT2D eigenvalue weighted by atomic mass is 9.88. The van der Waals surface area contributed by atoms with E-state index in [1.54, 1.807) is 0 Å². The molecule has 1 fully saturated rings. The fourth-order valence-electron chi connectivity index (χ4n) is 3.71. The summed E-state index contributed by atoms with van der Waals surface area (Å²) in [6.07, 6.45) is 6.56. The van der Waals surface area contributed by atoms with Crippen LogP contribution in [0.1, 0.15) is 49.4 Å². The van der Waals surface area contributed by atoms with E-state index < -0.39 is 0 Å². The summed E-state index contributed by atoms with van der Waals surface area (Å²) in [5.41, 5.74) is 3.62. The van der Waals surface area contributed by atoms with Gasteiger partial charge in [-0.05, 0) is 42.7 Å². The van der Waals surface area contributed by atoms with Gasteiger partial charge < -0.3 is 4.57 Å². The lowest BCUT2D eigenvalue weighted by molar-refractivity contribution is 0.420. The first-order valence-electron chi connectivity index (χ1n) is 8.51. The molecule has 3 aromatic rings. The Hall–Kier alpha value is -1.80. The van der Waals surface area contributed by atoms with Gasteiger partial charge in [-0.25, -0.2) is 4.98 Å². The summed E-state index contributed by atoms with van der Waals surface area (Å²) in [6, 6.07) is 16.7. The summed E-state index contributed by atoms with van der Waals surface area (Å²) in [5, 5.41) is 0.789. The second-order valence-corrected chi connectivity index (χ2v) is 6.94. The van der Waals surface area contributed by atoms with Crippen LogP contribution in [0.4, 0.5) is 0 Å². The number of hydrogen-bond donors (Lipinski definition) is 0. The minimum Gasteiger partial charge on any atom is -0.323 e. The number of aromatic nitrogens is 2. The van der Waals surface area contributed by atoms with Crippen molar-refractivity contribution in [2.75, 3.05) is 0 Å². The predicted molar refractivity (Wildman–Crippen MR) is 96.1 cm³/mol. The summed E-state index contributed by atoms with van der Waals surface area (Å²) in [5.74, 6) is 1.87. The maximum atomic E-state index is 6.02. The third-order valence-corrected chi connectivity index (χ3v) is 5.16. The van der Waals surface area contributed by atoms with Crippen LogP contribution in [0.15, 0.2) is 48.5 Å². The van der Waals surface area contributed by atoms with E-state index in [4.69, 9.17) is 16.6 Å². The Bertz CT molecular complexity index is 798. The Morgan fingerprint density at radius 3 is 2.48 bits per heavy atom. The van der Waals surface area contributed by atoms with Crippen molar-refractivity contribution in [3.63, 3.8) is 0 Å². The number of hydrogen-bond acceptors (Lipinski definition) is 1. The molecule has 3 heteroatoms. The highest BCUT2D eigenvalue weighted by Gasteiger charge is 2.22. The molecule has 0 N–H and O–H groups in total. The Morgan fingerprint density at radius 1 is 0.957 bits per heavy atom. The van der Waals surface area contributed by atoms with Gasteiger partial charge in [0.15, 0.2) is 0 Å². The van der Waals surface area contributed by atoms with Crippen LogP contribution < -0.4 is 0 Å². The molecule has 1 saturated carbocycles. The van der Waals surface area contributed by atoms with Crippen molar-refractivity contribution in [3.05, 3.63) is 64.9 Å². The molecule has 0 atom stereocenters. The first kappa shape index (κ1) is 14.8. The first-order valence-corrected chi connectivity index (χ1v) is 8.89. The Labute approximate surface area is 142 Å². The molecular weight excluding hydrogens is 304 g/mol. The molecule has 1 aliphatic rings. The third-order valence-electron chi connectivity index (χ3n) is 4.91. The molecule has 2 aromatic carbocycles. The van der Waals surface area contributed by atoms with Crippen LogP contribution in [0.5, 0.6) is 0 Å². The minimum atomic E-state index is 0.600. The molecule has 0 spiro atoms. The second-order valence-electron chi connectivity index (χ2n) is 6.51. The lowest BCUT2D eigenvalue weighted by Gasteiger charge is -2.22. The highest BCUT2D eigenvalue weighted by Crippen LogP contribution is 2.34. The number of fused-ring (bicyclic) bond motifs is 1. The number of imidazole rings is 1. The molecule has 1 aromatic heterocycles. The van der Waals surface area contributed by atoms with Gasteiger partial charge >= 0.3 is 0 Å². The Kier molecular flexibility index (Phi) is 4.09. The zero-order chi connectivity index (χ0) is 15.6. The summed E-state index contributed by atoms with van der Waals surface area (Å²) in [4.78, 5) is 4.99. The topological polar surface area (TPSA) is 17.8 Å². The van der Waals surface area contributed by atoms with Gasteiger partial charge in [0.25, 0.3) is 0 Å². The number of benzene rings is 2. The number of rotatable bonds is 3. The molecule has 23 heavy (non-hydrogen) atoms. The largest absolute Gasteiger partial charge is 0.323 e. The average Bonchev–Trinajstić information content (AvgIpc) is 2.96. The van der Waals surface area contributed by atoms with Crippen LogP contribution in [-0.2, 0) is 6.54 Å². The number of nitrogens with zero attached hydrogens (tertiary/aromatic N) is 2. The van der Waals surface area contributed by atoms with E-state index in [1.807, 2.05) is 12.1 Å². The third kappa shape index (κ3) is 3.00. The summed E-state index contributed by atoms with van der Waals surface area (Å²) < 4.78 is 2.41. The van der Waals surface area contributed by atoms with Gasteiger partial charge in [-0.15, -0.1) is 0 Å². The van der Waals surface area contributed by atoms with Crippen molar-refractivity contribution in [1.82, 2.24) is 9.55 Å². The predicted octanol–water partition coefficient (Wildman–Crippen LogP) is 5.79. The zero-order valence-electron chi connectivity index (χ0n) is 13.2. The summed E-state index contributed by atoms with van der Waals surface area (Å²) >= 11 is 6.02. The van der Waals surface area contributed by atoms with E-state index in [0.717, 1.165) is 17.1 Å². The van der Waals surface area contributed by atoms with E-state index in [-0.39, 0.29) is 0 Å². The van der Waals surface area contributed by atoms with E-state index in [0.29, 0.717) is 5.92 Å². The van der Waals surface area contributed by atoms with Crippen molar-refractivity contribution in [2.45, 2.75) is 44.6 Å². The van der Waals surface area contributed by atoms with Gasteiger partial charge in [-0.3, -0.25) is 0 Å². The van der Waals surface area contributed by atoms with Crippen LogP contribution in [0.3, 0.4) is 0 Å². The highest BCUT2D eigenvalue weighted by molar-refractivity contribution is 6.30. The maximum Gasteiger partial charge on any atom is 0.113 e. The van der Waals surface area contributed by atoms with Gasteiger partial charge in [0, 0.05) is 17.5 Å². The molecule has 0 saturated heterocycles. The molecule has 1 heterocycles. The molecule has 2 nitrogen and oxygen atoms in total. The Morgan fingerprint density at radius 2 is 1.70 bits per heavy atom. The fraction of sp³-hybridized carbons (Fsp3) is 0.350. The molecule has 0 unspecified atom stereocenters. The highest BCUT2D eigenvalue weighted by atomic mass is 35.5. The molecule has 4 rings (SSSR count). The van der Waals surface area contributed by atoms with Gasteiger partial charge in [0.1, 0.15) is 5.82 Å². The van der Waals surface area contributed by atoms with E-state index in [1.165, 1.54) is 49.0 Å². The molecule has 0 bridgehead atoms. The monoisotopic (exact) mass is 324 g/mol. The zero-order valence-corrected chi connectivity index (χ0v) is 14.0. The van der Waals surface area contributed by atoms with Crippen LogP contribution in [0.25, 0.3) is 11.0 Å². The van der Waals surface area contributed by atoms with Crippen molar-refractivity contribution in [1.29, 1.82) is 0 Å². The smallest absolute Gasteiger partial charge is 0.113 e. The standard InChI is InChI=1S/C20H21ClN2/c21-17-12-10-15(11-13-17)14-23-19-9-5-4-8-18(19)22-20(23)16-6-2-1-3-7-16/h4-5,8-13,16H,1-3,6-7,14H2. The fourth-order valence-corrected chi connectivity index (χ4v) is 3.83. The summed E-state index contributed by atoms with van der Waals surface area (Å²) in [7, 11) is 0. The average molecular weight is 325 g/mol. The van der Waals surface area contributed by atoms with Gasteiger partial charge in [0.2, 0.25) is 0 Å². The molecule has 0 amide bonds.